The van der Waals surface area contributed by atoms with E-state index in [4.69, 9.17) is 0 Å². The van der Waals surface area contributed by atoms with Gasteiger partial charge in [-0.15, -0.1) is 0 Å². The van der Waals surface area contributed by atoms with Crippen molar-refractivity contribution in [1.82, 2.24) is 0 Å². The molecule has 1 heteroatoms. The van der Waals surface area contributed by atoms with Gasteiger partial charge in [0.1, 0.15) is 0 Å². The Morgan fingerprint density at radius 1 is 0.727 bits per heavy atom. The van der Waals surface area contributed by atoms with Crippen molar-refractivity contribution in [1.29, 1.82) is 0 Å². The first-order valence-corrected chi connectivity index (χ1v) is 5.04. The van der Waals surface area contributed by atoms with E-state index in [0.717, 1.165) is 0 Å². The standard InChI is InChI=1S/C10H16O/c11-10(7-1-2-7,8-3-4-8)9-5-6-9/h7-9,11H,1-6H2. The molecule has 0 spiro atoms. The highest BCUT2D eigenvalue weighted by atomic mass is 16.3. The molecule has 0 saturated heterocycles. The highest BCUT2D eigenvalue weighted by molar-refractivity contribution is 5.10. The zero-order chi connectivity index (χ0) is 7.47. The van der Waals surface area contributed by atoms with Crippen LogP contribution in [0.3, 0.4) is 0 Å². The molecule has 0 unspecified atom stereocenters. The van der Waals surface area contributed by atoms with Crippen molar-refractivity contribution >= 4 is 0 Å². The van der Waals surface area contributed by atoms with Crippen molar-refractivity contribution in [3.05, 3.63) is 0 Å². The molecule has 0 aliphatic heterocycles. The summed E-state index contributed by atoms with van der Waals surface area (Å²) < 4.78 is 0. The van der Waals surface area contributed by atoms with Crippen LogP contribution in [0.4, 0.5) is 0 Å². The average molecular weight is 152 g/mol. The van der Waals surface area contributed by atoms with Crippen LogP contribution in [-0.4, -0.2) is 10.7 Å². The van der Waals surface area contributed by atoms with Crippen LogP contribution in [0.2, 0.25) is 0 Å². The Balaban J connectivity index is 1.82. The molecule has 0 heterocycles. The molecule has 11 heavy (non-hydrogen) atoms. The first-order chi connectivity index (χ1) is 5.32. The first kappa shape index (κ1) is 6.47. The molecule has 1 nitrogen and oxygen atoms in total. The smallest absolute Gasteiger partial charge is 0.0731 e. The fourth-order valence-corrected chi connectivity index (χ4v) is 2.64. The van der Waals surface area contributed by atoms with Crippen LogP contribution in [0.15, 0.2) is 0 Å². The third kappa shape index (κ3) is 0.868. The monoisotopic (exact) mass is 152 g/mol. The third-order valence-electron chi connectivity index (χ3n) is 3.69. The summed E-state index contributed by atoms with van der Waals surface area (Å²) in [7, 11) is 0. The van der Waals surface area contributed by atoms with Crippen LogP contribution in [0.1, 0.15) is 38.5 Å². The van der Waals surface area contributed by atoms with Gasteiger partial charge < -0.3 is 5.11 Å². The van der Waals surface area contributed by atoms with Crippen molar-refractivity contribution in [3.63, 3.8) is 0 Å². The number of hydrogen-bond donors (Lipinski definition) is 1. The molecule has 62 valence electrons. The minimum Gasteiger partial charge on any atom is -0.389 e. The Morgan fingerprint density at radius 3 is 1.18 bits per heavy atom. The van der Waals surface area contributed by atoms with Gasteiger partial charge in [0.25, 0.3) is 0 Å². The van der Waals surface area contributed by atoms with E-state index in [-0.39, 0.29) is 5.60 Å². The average Bonchev–Trinajstić information content (AvgIpc) is 2.81. The second-order valence-electron chi connectivity index (χ2n) is 4.71. The summed E-state index contributed by atoms with van der Waals surface area (Å²) in [5, 5.41) is 10.4. The molecule has 3 saturated carbocycles. The molecule has 0 amide bonds. The Labute approximate surface area is 67.8 Å². The van der Waals surface area contributed by atoms with Crippen LogP contribution in [0.25, 0.3) is 0 Å². The Hall–Kier alpha value is -0.0400. The van der Waals surface area contributed by atoms with E-state index < -0.39 is 0 Å². The summed E-state index contributed by atoms with van der Waals surface area (Å²) in [6, 6.07) is 0. The lowest BCUT2D eigenvalue weighted by atomic mass is 9.86. The molecule has 0 aromatic carbocycles. The third-order valence-corrected chi connectivity index (χ3v) is 3.69. The summed E-state index contributed by atoms with van der Waals surface area (Å²) in [6.45, 7) is 0. The molecule has 1 N–H and O–H groups in total. The van der Waals surface area contributed by atoms with Gasteiger partial charge in [-0.05, 0) is 56.3 Å². The highest BCUT2D eigenvalue weighted by Crippen LogP contribution is 2.60. The van der Waals surface area contributed by atoms with Crippen molar-refractivity contribution in [2.24, 2.45) is 17.8 Å². The van der Waals surface area contributed by atoms with Gasteiger partial charge >= 0.3 is 0 Å². The van der Waals surface area contributed by atoms with Gasteiger partial charge in [0.05, 0.1) is 5.60 Å². The van der Waals surface area contributed by atoms with Crippen molar-refractivity contribution in [3.8, 4) is 0 Å². The minimum absolute atomic E-state index is 0.167. The van der Waals surface area contributed by atoms with Crippen molar-refractivity contribution in [2.45, 2.75) is 44.1 Å². The molecule has 3 aliphatic rings. The summed E-state index contributed by atoms with van der Waals surface area (Å²) in [5.74, 6) is 2.13. The minimum atomic E-state index is -0.167. The number of aliphatic hydroxyl groups is 1. The number of hydrogen-bond acceptors (Lipinski definition) is 1. The highest BCUT2D eigenvalue weighted by Gasteiger charge is 2.59. The quantitative estimate of drug-likeness (QED) is 0.655. The van der Waals surface area contributed by atoms with Gasteiger partial charge in [0, 0.05) is 0 Å². The van der Waals surface area contributed by atoms with E-state index in [9.17, 15) is 5.11 Å². The van der Waals surface area contributed by atoms with Crippen LogP contribution in [0, 0.1) is 17.8 Å². The zero-order valence-electron chi connectivity index (χ0n) is 6.92. The van der Waals surface area contributed by atoms with E-state index >= 15 is 0 Å². The molecule has 0 aromatic rings. The summed E-state index contributed by atoms with van der Waals surface area (Å²) in [6.07, 6.45) is 7.85. The first-order valence-electron chi connectivity index (χ1n) is 5.04. The van der Waals surface area contributed by atoms with E-state index in [1.54, 1.807) is 0 Å². The van der Waals surface area contributed by atoms with Gasteiger partial charge in [-0.3, -0.25) is 0 Å². The van der Waals surface area contributed by atoms with E-state index in [1.807, 2.05) is 0 Å². The lowest BCUT2D eigenvalue weighted by molar-refractivity contribution is -0.0264. The molecule has 0 aromatic heterocycles. The molecule has 0 atom stereocenters. The second-order valence-corrected chi connectivity index (χ2v) is 4.71. The van der Waals surface area contributed by atoms with Crippen LogP contribution in [-0.2, 0) is 0 Å². The normalized spacial score (nSPS) is 32.5. The maximum atomic E-state index is 10.4. The van der Waals surface area contributed by atoms with E-state index in [1.165, 1.54) is 38.5 Å². The molecule has 0 bridgehead atoms. The molecular weight excluding hydrogens is 136 g/mol. The summed E-state index contributed by atoms with van der Waals surface area (Å²) in [4.78, 5) is 0. The molecule has 3 aliphatic carbocycles. The lowest BCUT2D eigenvalue weighted by Crippen LogP contribution is -2.36. The number of rotatable bonds is 3. The summed E-state index contributed by atoms with van der Waals surface area (Å²) >= 11 is 0. The van der Waals surface area contributed by atoms with Crippen LogP contribution < -0.4 is 0 Å². The van der Waals surface area contributed by atoms with Gasteiger partial charge in [-0.25, -0.2) is 0 Å². The predicted octanol–water partition coefficient (Wildman–Crippen LogP) is 1.95. The Bertz CT molecular complexity index is 144. The van der Waals surface area contributed by atoms with Crippen molar-refractivity contribution in [2.75, 3.05) is 0 Å². The fourth-order valence-electron chi connectivity index (χ4n) is 2.64. The van der Waals surface area contributed by atoms with Crippen LogP contribution in [0.5, 0.6) is 0 Å². The second kappa shape index (κ2) is 1.82. The molecule has 3 rings (SSSR count). The fraction of sp³-hybridized carbons (Fsp3) is 1.00. The molecular formula is C10H16O. The van der Waals surface area contributed by atoms with Gasteiger partial charge in [-0.2, -0.15) is 0 Å². The molecule has 0 radical (unpaired) electrons. The van der Waals surface area contributed by atoms with Crippen molar-refractivity contribution < 1.29 is 5.11 Å². The van der Waals surface area contributed by atoms with Gasteiger partial charge in [0.15, 0.2) is 0 Å². The van der Waals surface area contributed by atoms with E-state index in [2.05, 4.69) is 0 Å². The van der Waals surface area contributed by atoms with Crippen LogP contribution >= 0.6 is 0 Å². The van der Waals surface area contributed by atoms with E-state index in [0.29, 0.717) is 17.8 Å². The SMILES string of the molecule is OC(C1CC1)(C1CC1)C1CC1. The maximum Gasteiger partial charge on any atom is 0.0731 e. The maximum absolute atomic E-state index is 10.4. The summed E-state index contributed by atoms with van der Waals surface area (Å²) in [5.41, 5.74) is -0.167. The Morgan fingerprint density at radius 2 is 1.00 bits per heavy atom. The molecule has 3 fully saturated rings. The van der Waals surface area contributed by atoms with Gasteiger partial charge in [0.2, 0.25) is 0 Å². The lowest BCUT2D eigenvalue weighted by Gasteiger charge is -2.28. The topological polar surface area (TPSA) is 20.2 Å². The zero-order valence-corrected chi connectivity index (χ0v) is 6.92. The Kier molecular flexibility index (Phi) is 1.07. The predicted molar refractivity (Wildman–Crippen MR) is 43.1 cm³/mol. The largest absolute Gasteiger partial charge is 0.389 e. The van der Waals surface area contributed by atoms with Gasteiger partial charge in [-0.1, -0.05) is 0 Å².